The zero-order valence-corrected chi connectivity index (χ0v) is 19.3. The molecule has 2 aromatic carbocycles. The summed E-state index contributed by atoms with van der Waals surface area (Å²) in [5.41, 5.74) is 6.79. The molecular weight excluding hydrogens is 416 g/mol. The number of benzene rings is 2. The van der Waals surface area contributed by atoms with Crippen LogP contribution in [-0.2, 0) is 13.1 Å². The quantitative estimate of drug-likeness (QED) is 0.414. The molecule has 0 spiro atoms. The lowest BCUT2D eigenvalue weighted by molar-refractivity contribution is 0.410. The number of H-pyrrole nitrogens is 1. The summed E-state index contributed by atoms with van der Waals surface area (Å²) in [5.74, 6) is 0. The Hall–Kier alpha value is -3.51. The molecule has 0 atom stereocenters. The first-order valence-corrected chi connectivity index (χ1v) is 10.9. The largest absolute Gasteiger partial charge is 0.340 e. The predicted molar refractivity (Wildman–Crippen MR) is 135 cm³/mol. The molecular formula is C26H26N4OS. The normalized spacial score (nSPS) is 10.8. The van der Waals surface area contributed by atoms with E-state index in [0.717, 1.165) is 33.3 Å². The van der Waals surface area contributed by atoms with Crippen molar-refractivity contribution in [2.75, 3.05) is 5.32 Å². The van der Waals surface area contributed by atoms with E-state index in [1.54, 1.807) is 6.20 Å². The van der Waals surface area contributed by atoms with Crippen LogP contribution in [0, 0.1) is 20.8 Å². The van der Waals surface area contributed by atoms with Gasteiger partial charge in [0.2, 0.25) is 0 Å². The van der Waals surface area contributed by atoms with Crippen molar-refractivity contribution >= 4 is 33.9 Å². The van der Waals surface area contributed by atoms with Gasteiger partial charge in [0, 0.05) is 30.2 Å². The SMILES string of the molecule is Cc1ccc(NC(=S)N(Cc2cccnc2)Cc2cc3cc(C)cc(C)c3[nH]c2=O)cc1. The third-order valence-electron chi connectivity index (χ3n) is 5.42. The van der Waals surface area contributed by atoms with Gasteiger partial charge in [-0.1, -0.05) is 35.4 Å². The Balaban J connectivity index is 1.66. The van der Waals surface area contributed by atoms with E-state index < -0.39 is 0 Å². The molecule has 0 amide bonds. The van der Waals surface area contributed by atoms with Gasteiger partial charge >= 0.3 is 0 Å². The summed E-state index contributed by atoms with van der Waals surface area (Å²) in [6.45, 7) is 7.04. The van der Waals surface area contributed by atoms with Crippen molar-refractivity contribution in [3.05, 3.63) is 105 Å². The van der Waals surface area contributed by atoms with Crippen molar-refractivity contribution in [3.63, 3.8) is 0 Å². The molecule has 0 saturated carbocycles. The lowest BCUT2D eigenvalue weighted by Crippen LogP contribution is -2.35. The first-order valence-electron chi connectivity index (χ1n) is 10.5. The number of nitrogens with one attached hydrogen (secondary N) is 2. The first kappa shape index (κ1) is 21.7. The Labute approximate surface area is 193 Å². The van der Waals surface area contributed by atoms with Crippen molar-refractivity contribution in [1.82, 2.24) is 14.9 Å². The van der Waals surface area contributed by atoms with E-state index >= 15 is 0 Å². The Morgan fingerprint density at radius 3 is 2.53 bits per heavy atom. The summed E-state index contributed by atoms with van der Waals surface area (Å²) in [6.07, 6.45) is 3.56. The van der Waals surface area contributed by atoms with Crippen LogP contribution in [-0.4, -0.2) is 20.0 Å². The van der Waals surface area contributed by atoms with E-state index in [0.29, 0.717) is 23.8 Å². The van der Waals surface area contributed by atoms with E-state index in [4.69, 9.17) is 12.2 Å². The van der Waals surface area contributed by atoms with Gasteiger partial charge < -0.3 is 15.2 Å². The number of nitrogens with zero attached hydrogens (tertiary/aromatic N) is 2. The van der Waals surface area contributed by atoms with Crippen molar-refractivity contribution in [1.29, 1.82) is 0 Å². The fourth-order valence-corrected chi connectivity index (χ4v) is 4.05. The number of hydrogen-bond acceptors (Lipinski definition) is 3. The van der Waals surface area contributed by atoms with Gasteiger partial charge in [0.1, 0.15) is 0 Å². The number of fused-ring (bicyclic) bond motifs is 1. The van der Waals surface area contributed by atoms with E-state index in [1.807, 2.05) is 67.4 Å². The molecule has 5 nitrogen and oxygen atoms in total. The maximum Gasteiger partial charge on any atom is 0.253 e. The number of pyridine rings is 2. The molecule has 0 saturated heterocycles. The zero-order valence-electron chi connectivity index (χ0n) is 18.5. The van der Waals surface area contributed by atoms with Gasteiger partial charge in [0.05, 0.1) is 12.1 Å². The average Bonchev–Trinajstić information content (AvgIpc) is 2.76. The highest BCUT2D eigenvalue weighted by Crippen LogP contribution is 2.19. The maximum atomic E-state index is 12.9. The molecule has 0 unspecified atom stereocenters. The zero-order chi connectivity index (χ0) is 22.7. The van der Waals surface area contributed by atoms with Gasteiger partial charge in [-0.15, -0.1) is 0 Å². The Bertz CT molecular complexity index is 1310. The summed E-state index contributed by atoms with van der Waals surface area (Å²) in [7, 11) is 0. The van der Waals surface area contributed by atoms with Gasteiger partial charge in [0.15, 0.2) is 5.11 Å². The summed E-state index contributed by atoms with van der Waals surface area (Å²) < 4.78 is 0. The number of aryl methyl sites for hydroxylation is 3. The van der Waals surface area contributed by atoms with E-state index in [1.165, 1.54) is 5.56 Å². The third kappa shape index (κ3) is 5.03. The lowest BCUT2D eigenvalue weighted by Gasteiger charge is -2.26. The fraction of sp³-hybridized carbons (Fsp3) is 0.192. The summed E-state index contributed by atoms with van der Waals surface area (Å²) >= 11 is 5.75. The van der Waals surface area contributed by atoms with Gasteiger partial charge in [-0.2, -0.15) is 0 Å². The van der Waals surface area contributed by atoms with Crippen LogP contribution >= 0.6 is 12.2 Å². The van der Waals surface area contributed by atoms with Gasteiger partial charge in [0.25, 0.3) is 5.56 Å². The molecule has 0 radical (unpaired) electrons. The number of hydrogen-bond donors (Lipinski definition) is 2. The van der Waals surface area contributed by atoms with Crippen LogP contribution in [0.5, 0.6) is 0 Å². The van der Waals surface area contributed by atoms with Crippen molar-refractivity contribution in [3.8, 4) is 0 Å². The third-order valence-corrected chi connectivity index (χ3v) is 5.78. The molecule has 0 aliphatic carbocycles. The van der Waals surface area contributed by atoms with Crippen LogP contribution in [0.15, 0.2) is 71.8 Å². The molecule has 0 bridgehead atoms. The summed E-state index contributed by atoms with van der Waals surface area (Å²) in [4.78, 5) is 22.2. The van der Waals surface area contributed by atoms with Crippen LogP contribution in [0.2, 0.25) is 0 Å². The highest BCUT2D eigenvalue weighted by molar-refractivity contribution is 7.80. The highest BCUT2D eigenvalue weighted by Gasteiger charge is 2.15. The molecule has 2 aromatic heterocycles. The van der Waals surface area contributed by atoms with Crippen molar-refractivity contribution in [2.24, 2.45) is 0 Å². The van der Waals surface area contributed by atoms with Gasteiger partial charge in [-0.25, -0.2) is 0 Å². The molecule has 0 aliphatic heterocycles. The maximum absolute atomic E-state index is 12.9. The topological polar surface area (TPSA) is 61.0 Å². The molecule has 2 N–H and O–H groups in total. The van der Waals surface area contributed by atoms with Gasteiger partial charge in [-0.3, -0.25) is 9.78 Å². The highest BCUT2D eigenvalue weighted by atomic mass is 32.1. The molecule has 0 fully saturated rings. The second kappa shape index (κ2) is 9.32. The number of thiocarbonyl (C=S) groups is 1. The second-order valence-corrected chi connectivity index (χ2v) is 8.57. The van der Waals surface area contributed by atoms with Gasteiger partial charge in [-0.05, 0) is 79.8 Å². The van der Waals surface area contributed by atoms with Crippen LogP contribution < -0.4 is 10.9 Å². The number of anilines is 1. The molecule has 4 rings (SSSR count). The van der Waals surface area contributed by atoms with Crippen LogP contribution in [0.25, 0.3) is 10.9 Å². The average molecular weight is 443 g/mol. The minimum atomic E-state index is -0.0984. The molecule has 0 aliphatic rings. The Morgan fingerprint density at radius 2 is 1.81 bits per heavy atom. The van der Waals surface area contributed by atoms with E-state index in [2.05, 4.69) is 34.3 Å². The second-order valence-electron chi connectivity index (χ2n) is 8.18. The monoisotopic (exact) mass is 442 g/mol. The first-order chi connectivity index (χ1) is 15.4. The van der Waals surface area contributed by atoms with Crippen LogP contribution in [0.4, 0.5) is 5.69 Å². The summed E-state index contributed by atoms with van der Waals surface area (Å²) in [5, 5.41) is 4.89. The molecule has 2 heterocycles. The smallest absolute Gasteiger partial charge is 0.253 e. The summed E-state index contributed by atoms with van der Waals surface area (Å²) in [6, 6.07) is 18.1. The van der Waals surface area contributed by atoms with Crippen molar-refractivity contribution < 1.29 is 0 Å². The Kier molecular flexibility index (Phi) is 6.32. The minimum absolute atomic E-state index is 0.0984. The van der Waals surface area contributed by atoms with Crippen LogP contribution in [0.1, 0.15) is 27.8 Å². The predicted octanol–water partition coefficient (Wildman–Crippen LogP) is 5.25. The van der Waals surface area contributed by atoms with Crippen molar-refractivity contribution in [2.45, 2.75) is 33.9 Å². The Morgan fingerprint density at radius 1 is 1.03 bits per heavy atom. The van der Waals surface area contributed by atoms with Crippen LogP contribution in [0.3, 0.4) is 0 Å². The molecule has 4 aromatic rings. The molecule has 32 heavy (non-hydrogen) atoms. The number of rotatable bonds is 5. The standard InChI is InChI=1S/C26H26N4OS/c1-17-6-8-23(9-7-17)28-26(32)30(15-20-5-4-10-27-14-20)16-22-13-21-12-18(2)11-19(3)24(21)29-25(22)31/h4-14H,15-16H2,1-3H3,(H,28,32)(H,29,31). The minimum Gasteiger partial charge on any atom is -0.340 e. The van der Waals surface area contributed by atoms with E-state index in [-0.39, 0.29) is 5.56 Å². The lowest BCUT2D eigenvalue weighted by atomic mass is 10.1. The molecule has 162 valence electrons. The number of aromatic amines is 1. The molecule has 6 heteroatoms. The number of aromatic nitrogens is 2. The fourth-order valence-electron chi connectivity index (χ4n) is 3.81. The van der Waals surface area contributed by atoms with E-state index in [9.17, 15) is 4.79 Å².